The summed E-state index contributed by atoms with van der Waals surface area (Å²) < 4.78 is 15.2. The smallest absolute Gasteiger partial charge is 0.124 e. The summed E-state index contributed by atoms with van der Waals surface area (Å²) >= 11 is 0. The molecule has 2 aromatic carbocycles. The molecule has 0 amide bonds. The molecule has 0 bridgehead atoms. The molecule has 1 aliphatic rings. The van der Waals surface area contributed by atoms with Crippen molar-refractivity contribution in [2.75, 3.05) is 24.5 Å². The summed E-state index contributed by atoms with van der Waals surface area (Å²) in [7, 11) is -1.28. The third kappa shape index (κ3) is 3.19. The predicted molar refractivity (Wildman–Crippen MR) is 87.9 cm³/mol. The highest BCUT2D eigenvalue weighted by Gasteiger charge is 2.17. The molecule has 1 atom stereocenters. The minimum atomic E-state index is -1.28. The number of hydrogen-bond donors (Lipinski definition) is 1. The monoisotopic (exact) mass is 311 g/mol. The fraction of sp³-hybridized carbons (Fsp3) is 0.235. The highest BCUT2D eigenvalue weighted by Crippen LogP contribution is 2.26. The van der Waals surface area contributed by atoms with E-state index in [1.165, 1.54) is 11.3 Å². The molecule has 112 valence electrons. The Morgan fingerprint density at radius 3 is 2.95 bits per heavy atom. The van der Waals surface area contributed by atoms with Crippen LogP contribution < -0.4 is 9.62 Å². The largest absolute Gasteiger partial charge is 0.370 e. The molecule has 0 saturated carbocycles. The van der Waals surface area contributed by atoms with E-state index in [1.54, 1.807) is 24.3 Å². The lowest BCUT2D eigenvalue weighted by molar-refractivity contribution is 0.669. The third-order valence-electron chi connectivity index (χ3n) is 3.78. The molecular formula is C17H17N3OS. The summed E-state index contributed by atoms with van der Waals surface area (Å²) in [4.78, 5) is 2.95. The molecule has 1 unspecified atom stereocenters. The van der Waals surface area contributed by atoms with Gasteiger partial charge in [0.05, 0.1) is 16.5 Å². The average molecular weight is 311 g/mol. The Hall–Kier alpha value is -2.16. The molecule has 0 saturated heterocycles. The van der Waals surface area contributed by atoms with Crippen molar-refractivity contribution in [1.82, 2.24) is 4.72 Å². The van der Waals surface area contributed by atoms with Crippen LogP contribution in [0.5, 0.6) is 0 Å². The van der Waals surface area contributed by atoms with Gasteiger partial charge in [-0.3, -0.25) is 0 Å². The highest BCUT2D eigenvalue weighted by atomic mass is 32.2. The van der Waals surface area contributed by atoms with Crippen LogP contribution in [0.2, 0.25) is 0 Å². The summed E-state index contributed by atoms with van der Waals surface area (Å²) in [6.45, 7) is 2.47. The van der Waals surface area contributed by atoms with E-state index in [2.05, 4.69) is 40.0 Å². The lowest BCUT2D eigenvalue weighted by atomic mass is 10.2. The topological polar surface area (TPSA) is 56.1 Å². The van der Waals surface area contributed by atoms with Gasteiger partial charge >= 0.3 is 0 Å². The van der Waals surface area contributed by atoms with Crippen LogP contribution in [0.25, 0.3) is 0 Å². The van der Waals surface area contributed by atoms with E-state index in [9.17, 15) is 4.21 Å². The van der Waals surface area contributed by atoms with E-state index in [4.69, 9.17) is 5.26 Å². The first-order valence-corrected chi connectivity index (χ1v) is 8.41. The lowest BCUT2D eigenvalue weighted by Gasteiger charge is -2.19. The van der Waals surface area contributed by atoms with Gasteiger partial charge in [-0.1, -0.05) is 24.3 Å². The van der Waals surface area contributed by atoms with Gasteiger partial charge in [0.1, 0.15) is 11.0 Å². The third-order valence-corrected chi connectivity index (χ3v) is 4.92. The minimum absolute atomic E-state index is 0.529. The Balaban J connectivity index is 1.55. The highest BCUT2D eigenvalue weighted by molar-refractivity contribution is 7.83. The van der Waals surface area contributed by atoms with Crippen LogP contribution in [0, 0.1) is 11.3 Å². The molecule has 0 radical (unpaired) electrons. The summed E-state index contributed by atoms with van der Waals surface area (Å²) in [5, 5.41) is 8.88. The zero-order valence-electron chi connectivity index (χ0n) is 12.2. The van der Waals surface area contributed by atoms with E-state index in [-0.39, 0.29) is 0 Å². The van der Waals surface area contributed by atoms with Gasteiger partial charge < -0.3 is 4.90 Å². The molecule has 0 spiro atoms. The maximum atomic E-state index is 12.2. The van der Waals surface area contributed by atoms with Crippen molar-refractivity contribution in [1.29, 1.82) is 5.26 Å². The lowest BCUT2D eigenvalue weighted by Crippen LogP contribution is -2.31. The van der Waals surface area contributed by atoms with Crippen molar-refractivity contribution in [3.63, 3.8) is 0 Å². The number of anilines is 1. The second-order valence-electron chi connectivity index (χ2n) is 5.17. The number of nitrogens with one attached hydrogen (secondary N) is 1. The SMILES string of the molecule is N#Cc1cccc(S(=O)NCCN2CCc3ccccc32)c1. The summed E-state index contributed by atoms with van der Waals surface area (Å²) in [5.41, 5.74) is 3.19. The standard InChI is InChI=1S/C17H17N3OS/c18-13-14-4-3-6-16(12-14)22(21)19-9-11-20-10-8-15-5-1-2-7-17(15)20/h1-7,12,19H,8-11H2. The van der Waals surface area contributed by atoms with Crippen LogP contribution in [-0.2, 0) is 17.4 Å². The molecule has 1 N–H and O–H groups in total. The Bertz CT molecular complexity index is 739. The van der Waals surface area contributed by atoms with Crippen molar-refractivity contribution < 1.29 is 4.21 Å². The number of hydrogen-bond acceptors (Lipinski definition) is 3. The molecule has 22 heavy (non-hydrogen) atoms. The Labute approximate surface area is 133 Å². The maximum Gasteiger partial charge on any atom is 0.124 e. The number of fused-ring (bicyclic) bond motifs is 1. The van der Waals surface area contributed by atoms with Crippen LogP contribution in [0.4, 0.5) is 5.69 Å². The molecule has 1 aliphatic heterocycles. The van der Waals surface area contributed by atoms with Crippen molar-refractivity contribution in [3.05, 3.63) is 59.7 Å². The zero-order valence-corrected chi connectivity index (χ0v) is 13.0. The van der Waals surface area contributed by atoms with Crippen LogP contribution in [0.1, 0.15) is 11.1 Å². The molecule has 3 rings (SSSR count). The first-order valence-electron chi connectivity index (χ1n) is 7.26. The van der Waals surface area contributed by atoms with Gasteiger partial charge in [0, 0.05) is 25.3 Å². The van der Waals surface area contributed by atoms with Crippen LogP contribution >= 0.6 is 0 Å². The Morgan fingerprint density at radius 1 is 1.23 bits per heavy atom. The van der Waals surface area contributed by atoms with E-state index in [0.717, 1.165) is 19.5 Å². The van der Waals surface area contributed by atoms with Crippen molar-refractivity contribution in [2.45, 2.75) is 11.3 Å². The van der Waals surface area contributed by atoms with E-state index < -0.39 is 11.0 Å². The van der Waals surface area contributed by atoms with Crippen LogP contribution in [-0.4, -0.2) is 23.8 Å². The summed E-state index contributed by atoms with van der Waals surface area (Å²) in [5.74, 6) is 0. The van der Waals surface area contributed by atoms with Gasteiger partial charge in [0.2, 0.25) is 0 Å². The molecule has 0 aromatic heterocycles. The number of rotatable bonds is 5. The average Bonchev–Trinajstić information content (AvgIpc) is 2.98. The zero-order chi connectivity index (χ0) is 15.4. The Kier molecular flexibility index (Phi) is 4.52. The normalized spacial score (nSPS) is 14.4. The number of nitrogens with zero attached hydrogens (tertiary/aromatic N) is 2. The van der Waals surface area contributed by atoms with Gasteiger partial charge in [-0.15, -0.1) is 0 Å². The maximum absolute atomic E-state index is 12.2. The molecule has 1 heterocycles. The van der Waals surface area contributed by atoms with Crippen LogP contribution in [0.3, 0.4) is 0 Å². The van der Waals surface area contributed by atoms with E-state index in [0.29, 0.717) is 17.0 Å². The van der Waals surface area contributed by atoms with Crippen molar-refractivity contribution in [2.24, 2.45) is 0 Å². The van der Waals surface area contributed by atoms with Crippen LogP contribution in [0.15, 0.2) is 53.4 Å². The minimum Gasteiger partial charge on any atom is -0.370 e. The van der Waals surface area contributed by atoms with Crippen molar-refractivity contribution >= 4 is 16.7 Å². The Morgan fingerprint density at radius 2 is 2.09 bits per heavy atom. The molecule has 0 aliphatic carbocycles. The molecule has 0 fully saturated rings. The molecular weight excluding hydrogens is 294 g/mol. The number of para-hydroxylation sites is 1. The fourth-order valence-electron chi connectivity index (χ4n) is 2.68. The van der Waals surface area contributed by atoms with Crippen molar-refractivity contribution in [3.8, 4) is 6.07 Å². The summed E-state index contributed by atoms with van der Waals surface area (Å²) in [6, 6.07) is 17.4. The fourth-order valence-corrected chi connectivity index (χ4v) is 3.56. The van der Waals surface area contributed by atoms with Gasteiger partial charge in [-0.25, -0.2) is 8.93 Å². The van der Waals surface area contributed by atoms with Gasteiger partial charge in [-0.05, 0) is 36.2 Å². The first kappa shape index (κ1) is 14.8. The second-order valence-corrected chi connectivity index (χ2v) is 6.47. The number of nitriles is 1. The molecule has 4 nitrogen and oxygen atoms in total. The summed E-state index contributed by atoms with van der Waals surface area (Å²) in [6.07, 6.45) is 1.07. The quantitative estimate of drug-likeness (QED) is 0.921. The predicted octanol–water partition coefficient (Wildman–Crippen LogP) is 2.23. The molecule has 2 aromatic rings. The van der Waals surface area contributed by atoms with Gasteiger partial charge in [0.15, 0.2) is 0 Å². The van der Waals surface area contributed by atoms with E-state index >= 15 is 0 Å². The first-order chi connectivity index (χ1) is 10.8. The number of benzene rings is 2. The van der Waals surface area contributed by atoms with Gasteiger partial charge in [-0.2, -0.15) is 5.26 Å². The second kappa shape index (κ2) is 6.73. The van der Waals surface area contributed by atoms with Gasteiger partial charge in [0.25, 0.3) is 0 Å². The molecule has 5 heteroatoms. The van der Waals surface area contributed by atoms with E-state index in [1.807, 2.05) is 0 Å².